The van der Waals surface area contributed by atoms with E-state index in [4.69, 9.17) is 32.7 Å². The van der Waals surface area contributed by atoms with Crippen molar-refractivity contribution in [1.29, 1.82) is 0 Å². The van der Waals surface area contributed by atoms with Crippen LogP contribution in [0.15, 0.2) is 47.4 Å². The highest BCUT2D eigenvalue weighted by atomic mass is 35.5. The minimum atomic E-state index is -4.14. The summed E-state index contributed by atoms with van der Waals surface area (Å²) in [4.78, 5) is 12.0. The van der Waals surface area contributed by atoms with Crippen LogP contribution in [-0.4, -0.2) is 34.1 Å². The summed E-state index contributed by atoms with van der Waals surface area (Å²) in [5, 5.41) is 0.314. The molecule has 2 aromatic rings. The van der Waals surface area contributed by atoms with Crippen molar-refractivity contribution in [2.24, 2.45) is 0 Å². The molecule has 0 aliphatic rings. The molecule has 0 saturated heterocycles. The molecule has 0 N–H and O–H groups in total. The molecule has 2 aromatic carbocycles. The van der Waals surface area contributed by atoms with E-state index in [2.05, 4.69) is 0 Å². The van der Waals surface area contributed by atoms with Crippen LogP contribution < -0.4 is 9.04 Å². The minimum Gasteiger partial charge on any atom is -0.492 e. The first-order valence-electron chi connectivity index (χ1n) is 8.16. The van der Waals surface area contributed by atoms with Gasteiger partial charge < -0.3 is 9.47 Å². The summed E-state index contributed by atoms with van der Waals surface area (Å²) in [7, 11) is -4.14. The van der Waals surface area contributed by atoms with Crippen LogP contribution in [0.3, 0.4) is 0 Å². The lowest BCUT2D eigenvalue weighted by atomic mass is 10.3. The normalized spacial score (nSPS) is 11.1. The van der Waals surface area contributed by atoms with Gasteiger partial charge in [-0.15, -0.1) is 0 Å². The van der Waals surface area contributed by atoms with E-state index in [-0.39, 0.29) is 27.2 Å². The van der Waals surface area contributed by atoms with E-state index in [1.54, 1.807) is 38.1 Å². The predicted molar refractivity (Wildman–Crippen MR) is 105 cm³/mol. The molecule has 0 atom stereocenters. The second-order valence-electron chi connectivity index (χ2n) is 5.29. The van der Waals surface area contributed by atoms with E-state index in [1.165, 1.54) is 18.2 Å². The van der Waals surface area contributed by atoms with Crippen LogP contribution in [0.25, 0.3) is 0 Å². The van der Waals surface area contributed by atoms with Gasteiger partial charge in [-0.2, -0.15) is 0 Å². The number of hydrogen-bond donors (Lipinski definition) is 0. The van der Waals surface area contributed by atoms with Gasteiger partial charge in [0, 0.05) is 0 Å². The lowest BCUT2D eigenvalue weighted by Gasteiger charge is -2.25. The third kappa shape index (κ3) is 5.06. The topological polar surface area (TPSA) is 72.9 Å². The van der Waals surface area contributed by atoms with Gasteiger partial charge in [-0.1, -0.05) is 35.3 Å². The Hall–Kier alpha value is -1.96. The van der Waals surface area contributed by atoms with E-state index in [1.807, 2.05) is 0 Å². The molecule has 0 bridgehead atoms. The molecule has 0 unspecified atom stereocenters. The number of para-hydroxylation sites is 2. The molecule has 0 aliphatic heterocycles. The molecule has 6 nitrogen and oxygen atoms in total. The minimum absolute atomic E-state index is 0.0897. The first-order chi connectivity index (χ1) is 12.8. The molecule has 0 aromatic heterocycles. The Morgan fingerprint density at radius 3 is 2.37 bits per heavy atom. The van der Waals surface area contributed by atoms with Crippen molar-refractivity contribution in [3.8, 4) is 5.75 Å². The SMILES string of the molecule is CCOC(=O)CN(c1ccccc1OCC)S(=O)(=O)c1ccc(Cl)c(Cl)c1. The molecule has 0 aliphatic carbocycles. The zero-order valence-corrected chi connectivity index (χ0v) is 17.1. The van der Waals surface area contributed by atoms with Gasteiger partial charge in [-0.25, -0.2) is 8.42 Å². The highest BCUT2D eigenvalue weighted by molar-refractivity contribution is 7.92. The quantitative estimate of drug-likeness (QED) is 0.586. The average Bonchev–Trinajstić information content (AvgIpc) is 2.63. The van der Waals surface area contributed by atoms with Crippen molar-refractivity contribution < 1.29 is 22.7 Å². The molecule has 2 rings (SSSR count). The molecular weight excluding hydrogens is 413 g/mol. The van der Waals surface area contributed by atoms with E-state index in [0.717, 1.165) is 4.31 Å². The van der Waals surface area contributed by atoms with Gasteiger partial charge in [0.25, 0.3) is 10.0 Å². The Bertz CT molecular complexity index is 918. The van der Waals surface area contributed by atoms with Crippen molar-refractivity contribution in [3.63, 3.8) is 0 Å². The Morgan fingerprint density at radius 2 is 1.74 bits per heavy atom. The van der Waals surface area contributed by atoms with Crippen molar-refractivity contribution in [2.45, 2.75) is 18.7 Å². The highest BCUT2D eigenvalue weighted by Gasteiger charge is 2.30. The molecule has 146 valence electrons. The van der Waals surface area contributed by atoms with Crippen LogP contribution in [0, 0.1) is 0 Å². The maximum absolute atomic E-state index is 13.3. The predicted octanol–water partition coefficient (Wildman–Crippen LogP) is 4.15. The number of anilines is 1. The number of halogens is 2. The van der Waals surface area contributed by atoms with Gasteiger partial charge in [0.05, 0.1) is 33.8 Å². The summed E-state index contributed by atoms with van der Waals surface area (Å²) in [5.74, 6) is -0.361. The van der Waals surface area contributed by atoms with Crippen molar-refractivity contribution in [3.05, 3.63) is 52.5 Å². The Morgan fingerprint density at radius 1 is 1.04 bits per heavy atom. The van der Waals surface area contributed by atoms with E-state index >= 15 is 0 Å². The second-order valence-corrected chi connectivity index (χ2v) is 7.97. The first kappa shape index (κ1) is 21.3. The van der Waals surface area contributed by atoms with Crippen molar-refractivity contribution >= 4 is 44.9 Å². The summed E-state index contributed by atoms with van der Waals surface area (Å²) in [5.41, 5.74) is 0.221. The molecule has 9 heteroatoms. The number of carbonyl (C=O) groups excluding carboxylic acids is 1. The molecule has 0 heterocycles. The summed E-state index contributed by atoms with van der Waals surface area (Å²) in [6.45, 7) is 3.37. The number of carbonyl (C=O) groups is 1. The van der Waals surface area contributed by atoms with E-state index in [0.29, 0.717) is 12.4 Å². The number of benzene rings is 2. The third-order valence-electron chi connectivity index (χ3n) is 3.49. The molecule has 0 saturated carbocycles. The number of ether oxygens (including phenoxy) is 2. The van der Waals surface area contributed by atoms with Crippen LogP contribution >= 0.6 is 23.2 Å². The van der Waals surface area contributed by atoms with Crippen LogP contribution in [0.5, 0.6) is 5.75 Å². The first-order valence-corrected chi connectivity index (χ1v) is 10.4. The molecule has 0 amide bonds. The molecule has 0 spiro atoms. The standard InChI is InChI=1S/C18H19Cl2NO5S/c1-3-25-17-8-6-5-7-16(17)21(12-18(22)26-4-2)27(23,24)13-9-10-14(19)15(20)11-13/h5-11H,3-4,12H2,1-2H3. The summed E-state index contributed by atoms with van der Waals surface area (Å²) in [6.07, 6.45) is 0. The van der Waals surface area contributed by atoms with Gasteiger partial charge in [0.15, 0.2) is 0 Å². The second kappa shape index (κ2) is 9.30. The van der Waals surface area contributed by atoms with Crippen LogP contribution in [0.1, 0.15) is 13.8 Å². The smallest absolute Gasteiger partial charge is 0.326 e. The molecule has 27 heavy (non-hydrogen) atoms. The average molecular weight is 432 g/mol. The molecule has 0 fully saturated rings. The largest absolute Gasteiger partial charge is 0.492 e. The van der Waals surface area contributed by atoms with E-state index in [9.17, 15) is 13.2 Å². The van der Waals surface area contributed by atoms with Crippen LogP contribution in [0.4, 0.5) is 5.69 Å². The van der Waals surface area contributed by atoms with Crippen molar-refractivity contribution in [1.82, 2.24) is 0 Å². The van der Waals surface area contributed by atoms with Crippen LogP contribution in [0.2, 0.25) is 10.0 Å². The monoisotopic (exact) mass is 431 g/mol. The number of nitrogens with zero attached hydrogens (tertiary/aromatic N) is 1. The summed E-state index contributed by atoms with van der Waals surface area (Å²) >= 11 is 11.9. The Kier molecular flexibility index (Phi) is 7.35. The maximum Gasteiger partial charge on any atom is 0.326 e. The van der Waals surface area contributed by atoms with Gasteiger partial charge in [0.2, 0.25) is 0 Å². The van der Waals surface area contributed by atoms with Crippen molar-refractivity contribution in [2.75, 3.05) is 24.1 Å². The molecular formula is C18H19Cl2NO5S. The lowest BCUT2D eigenvalue weighted by Crippen LogP contribution is -2.37. The van der Waals surface area contributed by atoms with Gasteiger partial charge >= 0.3 is 5.97 Å². The summed E-state index contributed by atoms with van der Waals surface area (Å²) < 4.78 is 37.9. The fourth-order valence-corrected chi connectivity index (χ4v) is 4.14. The zero-order valence-electron chi connectivity index (χ0n) is 14.8. The fraction of sp³-hybridized carbons (Fsp3) is 0.278. The lowest BCUT2D eigenvalue weighted by molar-refractivity contribution is -0.141. The number of rotatable bonds is 8. The maximum atomic E-state index is 13.3. The fourth-order valence-electron chi connectivity index (χ4n) is 2.33. The van der Waals surface area contributed by atoms with Gasteiger partial charge in [-0.05, 0) is 44.2 Å². The Balaban J connectivity index is 2.58. The highest BCUT2D eigenvalue weighted by Crippen LogP contribution is 2.34. The van der Waals surface area contributed by atoms with Gasteiger partial charge in [0.1, 0.15) is 12.3 Å². The number of esters is 1. The third-order valence-corrected chi connectivity index (χ3v) is 5.99. The Labute approximate surface area is 168 Å². The number of hydrogen-bond acceptors (Lipinski definition) is 5. The number of sulfonamides is 1. The van der Waals surface area contributed by atoms with Gasteiger partial charge in [-0.3, -0.25) is 9.10 Å². The van der Waals surface area contributed by atoms with E-state index < -0.39 is 22.5 Å². The summed E-state index contributed by atoms with van der Waals surface area (Å²) in [6, 6.07) is 10.5. The zero-order chi connectivity index (χ0) is 20.0. The van der Waals surface area contributed by atoms with Crippen LogP contribution in [-0.2, 0) is 19.6 Å². The molecule has 0 radical (unpaired) electrons.